The number of carbonyl (C=O) groups is 1. The first kappa shape index (κ1) is 7.71. The van der Waals surface area contributed by atoms with Crippen LogP contribution in [0, 0.1) is 0 Å². The Hall–Kier alpha value is -1.39. The highest BCUT2D eigenvalue weighted by atomic mass is 16.6. The van der Waals surface area contributed by atoms with Crippen molar-refractivity contribution in [3.63, 3.8) is 0 Å². The second kappa shape index (κ2) is 3.14. The zero-order valence-electron chi connectivity index (χ0n) is 6.20. The molecule has 1 aromatic rings. The highest BCUT2D eigenvalue weighted by Gasteiger charge is 2.13. The summed E-state index contributed by atoms with van der Waals surface area (Å²) in [5, 5.41) is 6.91. The Labute approximate surface area is 63.5 Å². The number of rotatable bonds is 3. The molecular formula is C6H9N3O2. The van der Waals surface area contributed by atoms with E-state index in [1.54, 1.807) is 0 Å². The summed E-state index contributed by atoms with van der Waals surface area (Å²) in [5.74, 6) is -0.588. The van der Waals surface area contributed by atoms with E-state index in [1.807, 2.05) is 6.92 Å². The molecule has 0 atom stereocenters. The minimum absolute atomic E-state index is 0.145. The molecule has 0 bridgehead atoms. The molecule has 5 nitrogen and oxygen atoms in total. The van der Waals surface area contributed by atoms with Crippen molar-refractivity contribution in [1.82, 2.24) is 10.3 Å². The van der Waals surface area contributed by atoms with Gasteiger partial charge in [0, 0.05) is 0 Å². The van der Waals surface area contributed by atoms with Crippen LogP contribution in [0.1, 0.15) is 29.5 Å². The molecular weight excluding hydrogens is 146 g/mol. The van der Waals surface area contributed by atoms with Gasteiger partial charge in [0.05, 0.1) is 0 Å². The maximum Gasteiger partial charge on any atom is 0.272 e. The third-order valence-electron chi connectivity index (χ3n) is 1.28. The van der Waals surface area contributed by atoms with Crippen molar-refractivity contribution in [3.8, 4) is 0 Å². The van der Waals surface area contributed by atoms with Gasteiger partial charge in [-0.25, -0.2) is 4.63 Å². The van der Waals surface area contributed by atoms with E-state index < -0.39 is 5.91 Å². The van der Waals surface area contributed by atoms with Crippen LogP contribution >= 0.6 is 0 Å². The number of nitrogens with zero attached hydrogens (tertiary/aromatic N) is 2. The van der Waals surface area contributed by atoms with Crippen LogP contribution in [-0.4, -0.2) is 16.2 Å². The maximum atomic E-state index is 10.6. The van der Waals surface area contributed by atoms with Crippen molar-refractivity contribution < 1.29 is 9.42 Å². The van der Waals surface area contributed by atoms with Crippen LogP contribution in [0.15, 0.2) is 4.63 Å². The minimum atomic E-state index is -0.588. The number of carbonyl (C=O) groups excluding carboxylic acids is 1. The largest absolute Gasteiger partial charge is 0.364 e. The Balaban J connectivity index is 2.87. The van der Waals surface area contributed by atoms with Gasteiger partial charge in [-0.15, -0.1) is 0 Å². The van der Waals surface area contributed by atoms with Crippen molar-refractivity contribution in [2.24, 2.45) is 5.73 Å². The molecule has 1 amide bonds. The lowest BCUT2D eigenvalue weighted by Crippen LogP contribution is -2.13. The first-order valence-electron chi connectivity index (χ1n) is 3.37. The fraction of sp³-hybridized carbons (Fsp3) is 0.500. The Morgan fingerprint density at radius 3 is 2.91 bits per heavy atom. The molecule has 60 valence electrons. The zero-order chi connectivity index (χ0) is 8.27. The maximum absolute atomic E-state index is 10.6. The van der Waals surface area contributed by atoms with Gasteiger partial charge in [0.15, 0.2) is 5.69 Å². The molecule has 0 spiro atoms. The summed E-state index contributed by atoms with van der Waals surface area (Å²) in [4.78, 5) is 10.6. The summed E-state index contributed by atoms with van der Waals surface area (Å²) in [5.41, 5.74) is 5.67. The zero-order valence-corrected chi connectivity index (χ0v) is 6.20. The molecule has 0 aliphatic carbocycles. The number of primary amides is 1. The van der Waals surface area contributed by atoms with Crippen LogP contribution in [0.5, 0.6) is 0 Å². The summed E-state index contributed by atoms with van der Waals surface area (Å²) >= 11 is 0. The fourth-order valence-corrected chi connectivity index (χ4v) is 0.794. The third kappa shape index (κ3) is 1.54. The van der Waals surface area contributed by atoms with E-state index in [-0.39, 0.29) is 5.69 Å². The second-order valence-electron chi connectivity index (χ2n) is 2.17. The van der Waals surface area contributed by atoms with Gasteiger partial charge in [-0.3, -0.25) is 4.79 Å². The van der Waals surface area contributed by atoms with E-state index in [2.05, 4.69) is 14.9 Å². The van der Waals surface area contributed by atoms with E-state index >= 15 is 0 Å². The van der Waals surface area contributed by atoms with Crippen LogP contribution in [0.4, 0.5) is 0 Å². The van der Waals surface area contributed by atoms with Crippen LogP contribution in [-0.2, 0) is 6.42 Å². The summed E-state index contributed by atoms with van der Waals surface area (Å²) in [6, 6.07) is 0. The van der Waals surface area contributed by atoms with Gasteiger partial charge < -0.3 is 5.73 Å². The number of hydrogen-bond acceptors (Lipinski definition) is 4. The van der Waals surface area contributed by atoms with E-state index in [4.69, 9.17) is 5.73 Å². The van der Waals surface area contributed by atoms with Gasteiger partial charge in [0.25, 0.3) is 5.91 Å². The predicted molar refractivity (Wildman–Crippen MR) is 36.8 cm³/mol. The number of aryl methyl sites for hydroxylation is 1. The molecule has 1 rings (SSSR count). The first-order chi connectivity index (χ1) is 5.25. The molecule has 0 saturated carbocycles. The molecule has 0 aromatic carbocycles. The third-order valence-corrected chi connectivity index (χ3v) is 1.28. The standard InChI is InChI=1S/C6H9N3O2/c1-2-3-4-5(6(7)10)9-11-8-4/h2-3H2,1H3,(H2,7,10). The molecule has 0 aliphatic heterocycles. The molecule has 0 radical (unpaired) electrons. The van der Waals surface area contributed by atoms with Gasteiger partial charge >= 0.3 is 0 Å². The topological polar surface area (TPSA) is 82.0 Å². The SMILES string of the molecule is CCCc1nonc1C(N)=O. The fourth-order valence-electron chi connectivity index (χ4n) is 0.794. The molecule has 1 heterocycles. The smallest absolute Gasteiger partial charge is 0.272 e. The Morgan fingerprint density at radius 1 is 1.64 bits per heavy atom. The molecule has 5 heteroatoms. The molecule has 0 saturated heterocycles. The Morgan fingerprint density at radius 2 is 2.36 bits per heavy atom. The average molecular weight is 155 g/mol. The van der Waals surface area contributed by atoms with Gasteiger partial charge in [-0.1, -0.05) is 18.5 Å². The highest BCUT2D eigenvalue weighted by Crippen LogP contribution is 2.03. The van der Waals surface area contributed by atoms with Crippen molar-refractivity contribution >= 4 is 5.91 Å². The van der Waals surface area contributed by atoms with Crippen molar-refractivity contribution in [2.45, 2.75) is 19.8 Å². The van der Waals surface area contributed by atoms with Crippen LogP contribution in [0.3, 0.4) is 0 Å². The molecule has 1 aromatic heterocycles. The lowest BCUT2D eigenvalue weighted by Gasteiger charge is -1.89. The lowest BCUT2D eigenvalue weighted by molar-refractivity contribution is 0.0990. The normalized spacial score (nSPS) is 9.91. The Bertz CT molecular complexity index is 256. The summed E-state index contributed by atoms with van der Waals surface area (Å²) in [6.45, 7) is 1.97. The van der Waals surface area contributed by atoms with Crippen LogP contribution in [0.25, 0.3) is 0 Å². The molecule has 0 aliphatic rings. The number of amides is 1. The van der Waals surface area contributed by atoms with Crippen molar-refractivity contribution in [1.29, 1.82) is 0 Å². The van der Waals surface area contributed by atoms with E-state index in [9.17, 15) is 4.79 Å². The van der Waals surface area contributed by atoms with Gasteiger partial charge in [-0.2, -0.15) is 0 Å². The van der Waals surface area contributed by atoms with Gasteiger partial charge in [0.2, 0.25) is 0 Å². The van der Waals surface area contributed by atoms with E-state index in [0.29, 0.717) is 12.1 Å². The molecule has 0 fully saturated rings. The highest BCUT2D eigenvalue weighted by molar-refractivity contribution is 5.91. The van der Waals surface area contributed by atoms with Crippen molar-refractivity contribution in [2.75, 3.05) is 0 Å². The first-order valence-corrected chi connectivity index (χ1v) is 3.37. The second-order valence-corrected chi connectivity index (χ2v) is 2.17. The quantitative estimate of drug-likeness (QED) is 0.672. The molecule has 2 N–H and O–H groups in total. The monoisotopic (exact) mass is 155 g/mol. The van der Waals surface area contributed by atoms with Crippen LogP contribution < -0.4 is 5.73 Å². The predicted octanol–water partition coefficient (Wildman–Crippen LogP) is 0.121. The summed E-state index contributed by atoms with van der Waals surface area (Å²) in [7, 11) is 0. The molecule has 0 unspecified atom stereocenters. The van der Waals surface area contributed by atoms with Gasteiger partial charge in [0.1, 0.15) is 5.69 Å². The average Bonchev–Trinajstić information content (AvgIpc) is 2.36. The minimum Gasteiger partial charge on any atom is -0.364 e. The summed E-state index contributed by atoms with van der Waals surface area (Å²) < 4.78 is 4.36. The lowest BCUT2D eigenvalue weighted by atomic mass is 10.2. The summed E-state index contributed by atoms with van der Waals surface area (Å²) in [6.07, 6.45) is 1.55. The number of aromatic nitrogens is 2. The van der Waals surface area contributed by atoms with Crippen LogP contribution in [0.2, 0.25) is 0 Å². The number of nitrogens with two attached hydrogens (primary N) is 1. The van der Waals surface area contributed by atoms with Gasteiger partial charge in [-0.05, 0) is 11.6 Å². The molecule has 11 heavy (non-hydrogen) atoms. The Kier molecular flexibility index (Phi) is 2.20. The van der Waals surface area contributed by atoms with E-state index in [0.717, 1.165) is 6.42 Å². The van der Waals surface area contributed by atoms with E-state index in [1.165, 1.54) is 0 Å². The van der Waals surface area contributed by atoms with Crippen molar-refractivity contribution in [3.05, 3.63) is 11.4 Å². The number of hydrogen-bond donors (Lipinski definition) is 1.